The second-order valence-electron chi connectivity index (χ2n) is 5.83. The van der Waals surface area contributed by atoms with Crippen molar-refractivity contribution in [3.05, 3.63) is 35.9 Å². The third-order valence-corrected chi connectivity index (χ3v) is 4.13. The minimum atomic E-state index is -0.423. The molecule has 0 heterocycles. The van der Waals surface area contributed by atoms with Crippen LogP contribution in [0.25, 0.3) is 0 Å². The van der Waals surface area contributed by atoms with Gasteiger partial charge in [-0.15, -0.1) is 0 Å². The van der Waals surface area contributed by atoms with Crippen molar-refractivity contribution in [1.29, 1.82) is 0 Å². The highest BCUT2D eigenvalue weighted by Crippen LogP contribution is 2.35. The molecule has 1 aliphatic carbocycles. The van der Waals surface area contributed by atoms with Crippen molar-refractivity contribution in [2.75, 3.05) is 6.54 Å². The first-order valence-corrected chi connectivity index (χ1v) is 7.23. The second kappa shape index (κ2) is 6.75. The molecule has 1 aromatic carbocycles. The maximum atomic E-state index is 11.7. The molecule has 1 amide bonds. The highest BCUT2D eigenvalue weighted by Gasteiger charge is 2.35. The van der Waals surface area contributed by atoms with Crippen molar-refractivity contribution >= 4 is 6.09 Å². The maximum Gasteiger partial charge on any atom is 0.407 e. The van der Waals surface area contributed by atoms with E-state index in [1.54, 1.807) is 0 Å². The Hall–Kier alpha value is -1.55. The van der Waals surface area contributed by atoms with E-state index >= 15 is 0 Å². The molecule has 1 aliphatic rings. The summed E-state index contributed by atoms with van der Waals surface area (Å²) < 4.78 is 5.17. The first-order valence-electron chi connectivity index (χ1n) is 7.23. The standard InChI is InChI=1S/C16H23NO3/c1-16(10-6-5-9-14(16)18)12-17-15(19)20-11-13-7-3-2-4-8-13/h2-4,7-8,14,18H,5-6,9-12H2,1H3,(H,17,19). The zero-order valence-corrected chi connectivity index (χ0v) is 12.0. The summed E-state index contributed by atoms with van der Waals surface area (Å²) in [6.07, 6.45) is 3.16. The summed E-state index contributed by atoms with van der Waals surface area (Å²) >= 11 is 0. The van der Waals surface area contributed by atoms with Crippen molar-refractivity contribution in [1.82, 2.24) is 5.32 Å². The van der Waals surface area contributed by atoms with E-state index in [-0.39, 0.29) is 18.1 Å². The number of alkyl carbamates (subject to hydrolysis) is 1. The summed E-state index contributed by atoms with van der Waals surface area (Å²) in [5, 5.41) is 12.8. The number of amides is 1. The van der Waals surface area contributed by atoms with Crippen LogP contribution in [0.1, 0.15) is 38.2 Å². The van der Waals surface area contributed by atoms with Gasteiger partial charge in [0.25, 0.3) is 0 Å². The molecule has 110 valence electrons. The van der Waals surface area contributed by atoms with Gasteiger partial charge in [0.2, 0.25) is 0 Å². The van der Waals surface area contributed by atoms with Crippen LogP contribution in [0, 0.1) is 5.41 Å². The molecule has 2 unspecified atom stereocenters. The fourth-order valence-corrected chi connectivity index (χ4v) is 2.64. The van der Waals surface area contributed by atoms with Gasteiger partial charge in [-0.1, -0.05) is 50.1 Å². The minimum absolute atomic E-state index is 0.232. The number of aliphatic hydroxyl groups excluding tert-OH is 1. The Labute approximate surface area is 120 Å². The predicted octanol–water partition coefficient (Wildman–Crippen LogP) is 2.85. The van der Waals surface area contributed by atoms with Crippen molar-refractivity contribution in [3.63, 3.8) is 0 Å². The predicted molar refractivity (Wildman–Crippen MR) is 77.2 cm³/mol. The van der Waals surface area contributed by atoms with Gasteiger partial charge in [0.05, 0.1) is 6.10 Å². The number of hydrogen-bond acceptors (Lipinski definition) is 3. The van der Waals surface area contributed by atoms with Crippen LogP contribution in [0.15, 0.2) is 30.3 Å². The smallest absolute Gasteiger partial charge is 0.407 e. The zero-order chi connectivity index (χ0) is 14.4. The quantitative estimate of drug-likeness (QED) is 0.889. The van der Waals surface area contributed by atoms with Crippen LogP contribution in [0.4, 0.5) is 4.79 Å². The van der Waals surface area contributed by atoms with E-state index in [1.165, 1.54) is 0 Å². The highest BCUT2D eigenvalue weighted by atomic mass is 16.5. The van der Waals surface area contributed by atoms with Crippen molar-refractivity contribution < 1.29 is 14.6 Å². The van der Waals surface area contributed by atoms with Crippen molar-refractivity contribution in [3.8, 4) is 0 Å². The lowest BCUT2D eigenvalue weighted by Gasteiger charge is -2.38. The van der Waals surface area contributed by atoms with Gasteiger partial charge < -0.3 is 15.2 Å². The van der Waals surface area contributed by atoms with Crippen LogP contribution >= 0.6 is 0 Å². The van der Waals surface area contributed by atoms with E-state index in [0.717, 1.165) is 31.2 Å². The normalized spacial score (nSPS) is 26.0. The largest absolute Gasteiger partial charge is 0.445 e. The van der Waals surface area contributed by atoms with E-state index in [0.29, 0.717) is 6.54 Å². The maximum absolute atomic E-state index is 11.7. The number of carbonyl (C=O) groups excluding carboxylic acids is 1. The number of ether oxygens (including phenoxy) is 1. The van der Waals surface area contributed by atoms with Crippen LogP contribution in [0.2, 0.25) is 0 Å². The van der Waals surface area contributed by atoms with Gasteiger partial charge >= 0.3 is 6.09 Å². The Kier molecular flexibility index (Phi) is 5.01. The third kappa shape index (κ3) is 3.97. The molecule has 0 aliphatic heterocycles. The molecule has 0 spiro atoms. The monoisotopic (exact) mass is 277 g/mol. The van der Waals surface area contributed by atoms with E-state index in [9.17, 15) is 9.90 Å². The Morgan fingerprint density at radius 3 is 2.85 bits per heavy atom. The average molecular weight is 277 g/mol. The Balaban J connectivity index is 1.74. The Morgan fingerprint density at radius 1 is 1.40 bits per heavy atom. The van der Waals surface area contributed by atoms with Gasteiger partial charge in [0.15, 0.2) is 0 Å². The molecule has 1 aromatic rings. The Morgan fingerprint density at radius 2 is 2.15 bits per heavy atom. The molecule has 1 fully saturated rings. The second-order valence-corrected chi connectivity index (χ2v) is 5.83. The van der Waals surface area contributed by atoms with Crippen LogP contribution < -0.4 is 5.32 Å². The van der Waals surface area contributed by atoms with E-state index in [2.05, 4.69) is 5.32 Å². The van der Waals surface area contributed by atoms with Gasteiger partial charge in [0, 0.05) is 12.0 Å². The van der Waals surface area contributed by atoms with E-state index in [4.69, 9.17) is 4.74 Å². The molecule has 2 rings (SSSR count). The summed E-state index contributed by atoms with van der Waals surface area (Å²) in [7, 11) is 0. The highest BCUT2D eigenvalue weighted by molar-refractivity contribution is 5.67. The van der Waals surface area contributed by atoms with Crippen molar-refractivity contribution in [2.45, 2.75) is 45.3 Å². The molecule has 20 heavy (non-hydrogen) atoms. The fraction of sp³-hybridized carbons (Fsp3) is 0.562. The van der Waals surface area contributed by atoms with Gasteiger partial charge in [-0.3, -0.25) is 0 Å². The molecule has 2 N–H and O–H groups in total. The molecule has 4 nitrogen and oxygen atoms in total. The lowest BCUT2D eigenvalue weighted by molar-refractivity contribution is 0.00108. The molecule has 0 saturated heterocycles. The van der Waals surface area contributed by atoms with Crippen molar-refractivity contribution in [2.24, 2.45) is 5.41 Å². The minimum Gasteiger partial charge on any atom is -0.445 e. The summed E-state index contributed by atoms with van der Waals surface area (Å²) in [6, 6.07) is 9.58. The van der Waals surface area contributed by atoms with E-state index in [1.807, 2.05) is 37.3 Å². The number of carbonyl (C=O) groups is 1. The summed E-state index contributed by atoms with van der Waals surface area (Å²) in [6.45, 7) is 2.75. The molecule has 0 aromatic heterocycles. The molecule has 0 bridgehead atoms. The summed E-state index contributed by atoms with van der Waals surface area (Å²) in [4.78, 5) is 11.7. The number of aliphatic hydroxyl groups is 1. The number of rotatable bonds is 4. The first-order chi connectivity index (χ1) is 9.60. The van der Waals surface area contributed by atoms with Gasteiger partial charge in [-0.2, -0.15) is 0 Å². The zero-order valence-electron chi connectivity index (χ0n) is 12.0. The SMILES string of the molecule is CC1(CNC(=O)OCc2ccccc2)CCCCC1O. The topological polar surface area (TPSA) is 58.6 Å². The van der Waals surface area contributed by atoms with Crippen LogP contribution in [-0.2, 0) is 11.3 Å². The lowest BCUT2D eigenvalue weighted by Crippen LogP contribution is -2.45. The first kappa shape index (κ1) is 14.9. The van der Waals surface area contributed by atoms with Gasteiger partial charge in [-0.25, -0.2) is 4.79 Å². The lowest BCUT2D eigenvalue weighted by atomic mass is 9.73. The molecular weight excluding hydrogens is 254 g/mol. The molecule has 0 radical (unpaired) electrons. The number of benzene rings is 1. The number of hydrogen-bond donors (Lipinski definition) is 2. The van der Waals surface area contributed by atoms with Crippen LogP contribution in [0.3, 0.4) is 0 Å². The summed E-state index contributed by atoms with van der Waals surface area (Å²) in [5.41, 5.74) is 0.732. The van der Waals surface area contributed by atoms with Gasteiger partial charge in [-0.05, 0) is 18.4 Å². The molecule has 1 saturated carbocycles. The van der Waals surface area contributed by atoms with Crippen LogP contribution in [0.5, 0.6) is 0 Å². The fourth-order valence-electron chi connectivity index (χ4n) is 2.64. The summed E-state index contributed by atoms with van der Waals surface area (Å²) in [5.74, 6) is 0. The molecular formula is C16H23NO3. The average Bonchev–Trinajstić information content (AvgIpc) is 2.47. The number of nitrogens with one attached hydrogen (secondary N) is 1. The molecule has 2 atom stereocenters. The molecule has 4 heteroatoms. The van der Waals surface area contributed by atoms with Gasteiger partial charge in [0.1, 0.15) is 6.61 Å². The Bertz CT molecular complexity index is 435. The third-order valence-electron chi connectivity index (χ3n) is 4.13. The van der Waals surface area contributed by atoms with Crippen LogP contribution in [-0.4, -0.2) is 23.8 Å². The van der Waals surface area contributed by atoms with E-state index < -0.39 is 6.09 Å².